The summed E-state index contributed by atoms with van der Waals surface area (Å²) in [5, 5.41) is 5.54. The van der Waals surface area contributed by atoms with Gasteiger partial charge in [-0.3, -0.25) is 9.59 Å². The lowest BCUT2D eigenvalue weighted by Gasteiger charge is -2.15. The molecule has 0 spiro atoms. The van der Waals surface area contributed by atoms with Gasteiger partial charge in [0.25, 0.3) is 11.8 Å². The third-order valence-electron chi connectivity index (χ3n) is 4.35. The molecule has 0 radical (unpaired) electrons. The Bertz CT molecular complexity index is 834. The van der Waals surface area contributed by atoms with E-state index < -0.39 is 5.97 Å². The molecule has 1 atom stereocenters. The van der Waals surface area contributed by atoms with E-state index in [0.717, 1.165) is 12.8 Å². The molecule has 0 saturated carbocycles. The number of hydrogen-bond acceptors (Lipinski definition) is 4. The third kappa shape index (κ3) is 7.41. The van der Waals surface area contributed by atoms with Crippen molar-refractivity contribution in [3.63, 3.8) is 0 Å². The second-order valence-electron chi connectivity index (χ2n) is 7.38. The quantitative estimate of drug-likeness (QED) is 0.627. The largest absolute Gasteiger partial charge is 0.452 e. The van der Waals surface area contributed by atoms with Gasteiger partial charge in [-0.15, -0.1) is 0 Å². The lowest BCUT2D eigenvalue weighted by atomic mass is 10.0. The van der Waals surface area contributed by atoms with Gasteiger partial charge in [-0.25, -0.2) is 4.79 Å². The van der Waals surface area contributed by atoms with Gasteiger partial charge in [0.2, 0.25) is 0 Å². The molecule has 29 heavy (non-hydrogen) atoms. The highest BCUT2D eigenvalue weighted by Gasteiger charge is 2.17. The Labute approximate surface area is 171 Å². The summed E-state index contributed by atoms with van der Waals surface area (Å²) in [6.45, 7) is 5.82. The number of para-hydroxylation sites is 1. The van der Waals surface area contributed by atoms with E-state index in [1.807, 2.05) is 13.0 Å². The molecule has 2 amide bonds. The van der Waals surface area contributed by atoms with Crippen molar-refractivity contribution in [2.45, 2.75) is 39.7 Å². The monoisotopic (exact) mass is 396 g/mol. The number of benzene rings is 2. The average molecular weight is 396 g/mol. The van der Waals surface area contributed by atoms with E-state index in [2.05, 4.69) is 24.5 Å². The zero-order valence-electron chi connectivity index (χ0n) is 17.1. The van der Waals surface area contributed by atoms with Crippen molar-refractivity contribution in [3.05, 3.63) is 65.7 Å². The van der Waals surface area contributed by atoms with Crippen LogP contribution in [-0.4, -0.2) is 30.4 Å². The summed E-state index contributed by atoms with van der Waals surface area (Å²) in [5.41, 5.74) is 1.000. The van der Waals surface area contributed by atoms with Gasteiger partial charge < -0.3 is 15.4 Å². The van der Waals surface area contributed by atoms with Crippen LogP contribution >= 0.6 is 0 Å². The third-order valence-corrected chi connectivity index (χ3v) is 4.35. The zero-order valence-corrected chi connectivity index (χ0v) is 17.1. The number of hydrogen-bond donors (Lipinski definition) is 2. The zero-order chi connectivity index (χ0) is 21.2. The van der Waals surface area contributed by atoms with Gasteiger partial charge in [-0.2, -0.15) is 0 Å². The normalized spacial score (nSPS) is 11.6. The highest BCUT2D eigenvalue weighted by Crippen LogP contribution is 2.17. The van der Waals surface area contributed by atoms with Crippen molar-refractivity contribution in [1.29, 1.82) is 0 Å². The summed E-state index contributed by atoms with van der Waals surface area (Å²) in [6, 6.07) is 15.3. The number of nitrogens with one attached hydrogen (secondary N) is 2. The Balaban J connectivity index is 1.92. The Morgan fingerprint density at radius 1 is 0.897 bits per heavy atom. The SMILES string of the molecule is CC(C)CC[C@H](C)NC(=O)COC(=O)c1ccccc1NC(=O)c1ccccc1. The predicted molar refractivity (Wildman–Crippen MR) is 113 cm³/mol. The molecule has 0 aliphatic heterocycles. The summed E-state index contributed by atoms with van der Waals surface area (Å²) in [7, 11) is 0. The minimum atomic E-state index is -0.668. The van der Waals surface area contributed by atoms with Crippen LogP contribution in [0.1, 0.15) is 54.3 Å². The molecule has 0 aliphatic carbocycles. The Morgan fingerprint density at radius 3 is 2.24 bits per heavy atom. The first-order valence-electron chi connectivity index (χ1n) is 9.78. The molecule has 0 saturated heterocycles. The number of anilines is 1. The molecule has 0 aliphatic rings. The number of amides is 2. The minimum Gasteiger partial charge on any atom is -0.452 e. The van der Waals surface area contributed by atoms with Gasteiger partial charge in [-0.1, -0.05) is 44.2 Å². The first-order chi connectivity index (χ1) is 13.9. The highest BCUT2D eigenvalue weighted by molar-refractivity contribution is 6.08. The summed E-state index contributed by atoms with van der Waals surface area (Å²) in [4.78, 5) is 36.8. The van der Waals surface area contributed by atoms with Gasteiger partial charge >= 0.3 is 5.97 Å². The molecule has 2 N–H and O–H groups in total. The maximum atomic E-state index is 12.4. The summed E-state index contributed by atoms with van der Waals surface area (Å²) in [6.07, 6.45) is 1.88. The Hall–Kier alpha value is -3.15. The Morgan fingerprint density at radius 2 is 1.55 bits per heavy atom. The minimum absolute atomic E-state index is 0.0149. The molecule has 2 aromatic carbocycles. The molecule has 2 rings (SSSR count). The number of carbonyl (C=O) groups is 3. The molecular weight excluding hydrogens is 368 g/mol. The lowest BCUT2D eigenvalue weighted by molar-refractivity contribution is -0.124. The van der Waals surface area contributed by atoms with Crippen molar-refractivity contribution in [1.82, 2.24) is 5.32 Å². The first kappa shape index (κ1) is 22.1. The standard InChI is InChI=1S/C23H28N2O4/c1-16(2)13-14-17(3)24-21(26)15-29-23(28)19-11-7-8-12-20(19)25-22(27)18-9-5-4-6-10-18/h4-12,16-17H,13-15H2,1-3H3,(H,24,26)(H,25,27)/t17-/m0/s1. The average Bonchev–Trinajstić information content (AvgIpc) is 2.71. The maximum absolute atomic E-state index is 12.4. The van der Waals surface area contributed by atoms with Gasteiger partial charge in [0.05, 0.1) is 11.3 Å². The number of ether oxygens (including phenoxy) is 1. The summed E-state index contributed by atoms with van der Waals surface area (Å²) >= 11 is 0. The Kier molecular flexibility index (Phi) is 8.40. The molecule has 2 aromatic rings. The van der Waals surface area contributed by atoms with Crippen LogP contribution in [0.25, 0.3) is 0 Å². The van der Waals surface area contributed by atoms with Crippen LogP contribution in [0.4, 0.5) is 5.69 Å². The van der Waals surface area contributed by atoms with Gasteiger partial charge in [0.1, 0.15) is 0 Å². The first-order valence-corrected chi connectivity index (χ1v) is 9.78. The van der Waals surface area contributed by atoms with Crippen molar-refractivity contribution < 1.29 is 19.1 Å². The van der Waals surface area contributed by atoms with Crippen LogP contribution < -0.4 is 10.6 Å². The summed E-state index contributed by atoms with van der Waals surface area (Å²) in [5.74, 6) is -0.781. The molecule has 0 heterocycles. The van der Waals surface area contributed by atoms with E-state index in [4.69, 9.17) is 4.74 Å². The van der Waals surface area contributed by atoms with E-state index in [1.54, 1.807) is 48.5 Å². The summed E-state index contributed by atoms with van der Waals surface area (Å²) < 4.78 is 5.14. The van der Waals surface area contributed by atoms with E-state index >= 15 is 0 Å². The molecule has 0 aromatic heterocycles. The molecule has 154 valence electrons. The topological polar surface area (TPSA) is 84.5 Å². The van der Waals surface area contributed by atoms with Gasteiger partial charge in [0, 0.05) is 11.6 Å². The maximum Gasteiger partial charge on any atom is 0.340 e. The lowest BCUT2D eigenvalue weighted by Crippen LogP contribution is -2.36. The molecule has 0 bridgehead atoms. The van der Waals surface area contributed by atoms with E-state index in [-0.39, 0.29) is 30.0 Å². The smallest absolute Gasteiger partial charge is 0.340 e. The highest BCUT2D eigenvalue weighted by atomic mass is 16.5. The van der Waals surface area contributed by atoms with Crippen LogP contribution in [0.2, 0.25) is 0 Å². The predicted octanol–water partition coefficient (Wildman–Crippen LogP) is 4.04. The molecule has 6 nitrogen and oxygen atoms in total. The van der Waals surface area contributed by atoms with Crippen molar-refractivity contribution >= 4 is 23.5 Å². The number of carbonyl (C=O) groups excluding carboxylic acids is 3. The number of esters is 1. The van der Waals surface area contributed by atoms with Crippen molar-refractivity contribution in [2.24, 2.45) is 5.92 Å². The van der Waals surface area contributed by atoms with E-state index in [1.165, 1.54) is 0 Å². The molecule has 0 fully saturated rings. The van der Waals surface area contributed by atoms with E-state index in [9.17, 15) is 14.4 Å². The van der Waals surface area contributed by atoms with Gasteiger partial charge in [0.15, 0.2) is 6.61 Å². The molecular formula is C23H28N2O4. The van der Waals surface area contributed by atoms with Gasteiger partial charge in [-0.05, 0) is 49.9 Å². The van der Waals surface area contributed by atoms with Crippen LogP contribution in [0.15, 0.2) is 54.6 Å². The van der Waals surface area contributed by atoms with Crippen molar-refractivity contribution in [3.8, 4) is 0 Å². The van der Waals surface area contributed by atoms with Crippen LogP contribution in [-0.2, 0) is 9.53 Å². The van der Waals surface area contributed by atoms with Crippen molar-refractivity contribution in [2.75, 3.05) is 11.9 Å². The van der Waals surface area contributed by atoms with Crippen LogP contribution in [0.3, 0.4) is 0 Å². The van der Waals surface area contributed by atoms with E-state index in [0.29, 0.717) is 17.2 Å². The second-order valence-corrected chi connectivity index (χ2v) is 7.38. The molecule has 6 heteroatoms. The number of rotatable bonds is 9. The fourth-order valence-corrected chi connectivity index (χ4v) is 2.73. The second kappa shape index (κ2) is 11.0. The fraction of sp³-hybridized carbons (Fsp3) is 0.348. The molecule has 0 unspecified atom stereocenters. The van der Waals surface area contributed by atoms with Crippen LogP contribution in [0.5, 0.6) is 0 Å². The van der Waals surface area contributed by atoms with Crippen LogP contribution in [0, 0.1) is 5.92 Å². The fourth-order valence-electron chi connectivity index (χ4n) is 2.73.